The Hall–Kier alpha value is -0.530. The highest BCUT2D eigenvalue weighted by atomic mass is 35.5. The lowest BCUT2D eigenvalue weighted by Gasteiger charge is -2.54. The Morgan fingerprint density at radius 3 is 2.76 bits per heavy atom. The standard InChI is InChI=1S/C19H28ClN/c1-14-10-18(2,3)13-19(11-14)7-8-21-12-17(19)15-5-4-6-16(20)9-15/h4-6,9,14,17,21H,7-8,10-13H2,1-3H3. The van der Waals surface area contributed by atoms with Crippen LogP contribution in [0.25, 0.3) is 0 Å². The molecule has 1 aromatic rings. The molecule has 1 aromatic carbocycles. The van der Waals surface area contributed by atoms with E-state index in [-0.39, 0.29) is 0 Å². The zero-order valence-corrected chi connectivity index (χ0v) is 14.3. The maximum absolute atomic E-state index is 6.26. The summed E-state index contributed by atoms with van der Waals surface area (Å²) in [5.74, 6) is 1.43. The minimum absolute atomic E-state index is 0.455. The van der Waals surface area contributed by atoms with Gasteiger partial charge < -0.3 is 5.32 Å². The van der Waals surface area contributed by atoms with Crippen LogP contribution in [0.2, 0.25) is 5.02 Å². The van der Waals surface area contributed by atoms with E-state index in [4.69, 9.17) is 11.6 Å². The normalized spacial score (nSPS) is 35.8. The summed E-state index contributed by atoms with van der Waals surface area (Å²) < 4.78 is 0. The molecule has 0 amide bonds. The first kappa shape index (κ1) is 15.4. The van der Waals surface area contributed by atoms with Crippen LogP contribution in [-0.2, 0) is 0 Å². The van der Waals surface area contributed by atoms with Gasteiger partial charge in [0, 0.05) is 17.5 Å². The summed E-state index contributed by atoms with van der Waals surface area (Å²) in [5, 5.41) is 4.50. The molecule has 3 rings (SSSR count). The molecule has 2 aliphatic rings. The second-order valence-electron chi connectivity index (χ2n) is 8.28. The molecular formula is C19H28ClN. The van der Waals surface area contributed by atoms with Gasteiger partial charge in [0.2, 0.25) is 0 Å². The molecule has 1 saturated carbocycles. The summed E-state index contributed by atoms with van der Waals surface area (Å²) in [6, 6.07) is 8.56. The molecule has 1 aliphatic carbocycles. The second-order valence-corrected chi connectivity index (χ2v) is 8.71. The molecule has 0 radical (unpaired) electrons. The van der Waals surface area contributed by atoms with Crippen LogP contribution < -0.4 is 5.32 Å². The van der Waals surface area contributed by atoms with Gasteiger partial charge in [-0.25, -0.2) is 0 Å². The van der Waals surface area contributed by atoms with Crippen LogP contribution in [0, 0.1) is 16.7 Å². The van der Waals surface area contributed by atoms with Gasteiger partial charge in [-0.15, -0.1) is 0 Å². The Morgan fingerprint density at radius 2 is 2.05 bits per heavy atom. The van der Waals surface area contributed by atoms with E-state index >= 15 is 0 Å². The lowest BCUT2D eigenvalue weighted by atomic mass is 9.53. The van der Waals surface area contributed by atoms with Crippen LogP contribution in [0.1, 0.15) is 57.9 Å². The van der Waals surface area contributed by atoms with Gasteiger partial charge in [-0.2, -0.15) is 0 Å². The van der Waals surface area contributed by atoms with Crippen molar-refractivity contribution < 1.29 is 0 Å². The summed E-state index contributed by atoms with van der Waals surface area (Å²) in [7, 11) is 0. The predicted octanol–water partition coefficient (Wildman–Crippen LogP) is 5.25. The molecule has 2 fully saturated rings. The Kier molecular flexibility index (Phi) is 4.09. The maximum atomic E-state index is 6.26. The lowest BCUT2D eigenvalue weighted by Crippen LogP contribution is -2.49. The number of hydrogen-bond acceptors (Lipinski definition) is 1. The highest BCUT2D eigenvalue weighted by Crippen LogP contribution is 2.57. The fourth-order valence-electron chi connectivity index (χ4n) is 5.43. The van der Waals surface area contributed by atoms with Crippen LogP contribution in [0.3, 0.4) is 0 Å². The number of benzene rings is 1. The highest BCUT2D eigenvalue weighted by molar-refractivity contribution is 6.30. The maximum Gasteiger partial charge on any atom is 0.0408 e. The molecule has 21 heavy (non-hydrogen) atoms. The van der Waals surface area contributed by atoms with Crippen molar-refractivity contribution in [3.63, 3.8) is 0 Å². The second kappa shape index (κ2) is 5.59. The third kappa shape index (κ3) is 3.14. The van der Waals surface area contributed by atoms with E-state index in [2.05, 4.69) is 44.3 Å². The SMILES string of the molecule is CC1CC(C)(C)CC2(CCNCC2c2cccc(Cl)c2)C1. The van der Waals surface area contributed by atoms with Gasteiger partial charge in [0.15, 0.2) is 0 Å². The van der Waals surface area contributed by atoms with Crippen LogP contribution in [0.4, 0.5) is 0 Å². The van der Waals surface area contributed by atoms with Crippen molar-refractivity contribution in [2.24, 2.45) is 16.7 Å². The average molecular weight is 306 g/mol. The van der Waals surface area contributed by atoms with Gasteiger partial charge in [0.05, 0.1) is 0 Å². The number of hydrogen-bond donors (Lipinski definition) is 1. The third-order valence-corrected chi connectivity index (χ3v) is 5.86. The first-order valence-corrected chi connectivity index (χ1v) is 8.74. The van der Waals surface area contributed by atoms with Crippen molar-refractivity contribution in [1.82, 2.24) is 5.32 Å². The van der Waals surface area contributed by atoms with Crippen molar-refractivity contribution in [3.8, 4) is 0 Å². The first-order valence-electron chi connectivity index (χ1n) is 8.36. The van der Waals surface area contributed by atoms with Gasteiger partial charge >= 0.3 is 0 Å². The molecule has 116 valence electrons. The zero-order chi connectivity index (χ0) is 15.1. The molecule has 1 saturated heterocycles. The van der Waals surface area contributed by atoms with Crippen LogP contribution in [0.5, 0.6) is 0 Å². The number of piperidine rings is 1. The number of rotatable bonds is 1. The van der Waals surface area contributed by atoms with Crippen LogP contribution in [-0.4, -0.2) is 13.1 Å². The van der Waals surface area contributed by atoms with Crippen molar-refractivity contribution in [3.05, 3.63) is 34.9 Å². The molecule has 1 spiro atoms. The average Bonchev–Trinajstić information content (AvgIpc) is 2.36. The van der Waals surface area contributed by atoms with Crippen molar-refractivity contribution in [1.29, 1.82) is 0 Å². The highest BCUT2D eigenvalue weighted by Gasteiger charge is 2.48. The Morgan fingerprint density at radius 1 is 1.24 bits per heavy atom. The molecule has 0 aromatic heterocycles. The van der Waals surface area contributed by atoms with Gasteiger partial charge in [0.25, 0.3) is 0 Å². The quantitative estimate of drug-likeness (QED) is 0.747. The summed E-state index contributed by atoms with van der Waals surface area (Å²) >= 11 is 6.26. The largest absolute Gasteiger partial charge is 0.316 e. The van der Waals surface area contributed by atoms with Crippen molar-refractivity contribution in [2.75, 3.05) is 13.1 Å². The molecule has 1 heterocycles. The predicted molar refractivity (Wildman–Crippen MR) is 90.9 cm³/mol. The van der Waals surface area contributed by atoms with E-state index in [0.29, 0.717) is 16.7 Å². The number of halogens is 1. The fourth-order valence-corrected chi connectivity index (χ4v) is 5.63. The summed E-state index contributed by atoms with van der Waals surface area (Å²) in [6.45, 7) is 9.63. The molecular weight excluding hydrogens is 278 g/mol. The van der Waals surface area contributed by atoms with Gasteiger partial charge in [-0.3, -0.25) is 0 Å². The molecule has 2 heteroatoms. The van der Waals surface area contributed by atoms with E-state index in [1.807, 2.05) is 6.07 Å². The first-order chi connectivity index (χ1) is 9.90. The Bertz CT molecular complexity index is 510. The molecule has 1 N–H and O–H groups in total. The van der Waals surface area contributed by atoms with E-state index in [9.17, 15) is 0 Å². The molecule has 3 unspecified atom stereocenters. The van der Waals surface area contributed by atoms with Crippen LogP contribution in [0.15, 0.2) is 24.3 Å². The van der Waals surface area contributed by atoms with Gasteiger partial charge in [0.1, 0.15) is 0 Å². The van der Waals surface area contributed by atoms with E-state index in [1.54, 1.807) is 0 Å². The number of nitrogens with one attached hydrogen (secondary N) is 1. The smallest absolute Gasteiger partial charge is 0.0408 e. The van der Waals surface area contributed by atoms with E-state index < -0.39 is 0 Å². The van der Waals surface area contributed by atoms with Crippen LogP contribution >= 0.6 is 11.6 Å². The topological polar surface area (TPSA) is 12.0 Å². The summed E-state index contributed by atoms with van der Waals surface area (Å²) in [6.07, 6.45) is 5.39. The lowest BCUT2D eigenvalue weighted by molar-refractivity contribution is 0.00502. The fraction of sp³-hybridized carbons (Fsp3) is 0.684. The summed E-state index contributed by atoms with van der Waals surface area (Å²) in [4.78, 5) is 0. The third-order valence-electron chi connectivity index (χ3n) is 5.63. The molecule has 1 nitrogen and oxygen atoms in total. The van der Waals surface area contributed by atoms with Crippen molar-refractivity contribution >= 4 is 11.6 Å². The Labute approximate surface area is 134 Å². The molecule has 1 aliphatic heterocycles. The van der Waals surface area contributed by atoms with Crippen molar-refractivity contribution in [2.45, 2.75) is 52.4 Å². The van der Waals surface area contributed by atoms with E-state index in [0.717, 1.165) is 17.5 Å². The minimum Gasteiger partial charge on any atom is -0.316 e. The van der Waals surface area contributed by atoms with Gasteiger partial charge in [-0.05, 0) is 66.7 Å². The Balaban J connectivity index is 1.97. The minimum atomic E-state index is 0.455. The molecule has 0 bridgehead atoms. The monoisotopic (exact) mass is 305 g/mol. The summed E-state index contributed by atoms with van der Waals surface area (Å²) in [5.41, 5.74) is 2.35. The molecule has 3 atom stereocenters. The zero-order valence-electron chi connectivity index (χ0n) is 13.6. The van der Waals surface area contributed by atoms with E-state index in [1.165, 1.54) is 37.8 Å². The van der Waals surface area contributed by atoms with Gasteiger partial charge in [-0.1, -0.05) is 44.5 Å².